The molecule has 0 amide bonds. The Hall–Kier alpha value is -2.10. The van der Waals surface area contributed by atoms with E-state index in [-0.39, 0.29) is 6.04 Å². The lowest BCUT2D eigenvalue weighted by molar-refractivity contribution is 0.517. The Morgan fingerprint density at radius 3 is 2.20 bits per heavy atom. The van der Waals surface area contributed by atoms with Gasteiger partial charge < -0.3 is 5.73 Å². The molecular formula is C21H22ClN3. The minimum Gasteiger partial charge on any atom is -0.327 e. The second-order valence-corrected chi connectivity index (χ2v) is 7.39. The first-order valence-corrected chi connectivity index (χ1v) is 9.18. The first-order chi connectivity index (χ1) is 12.2. The highest BCUT2D eigenvalue weighted by Crippen LogP contribution is 2.38. The molecule has 1 saturated carbocycles. The summed E-state index contributed by atoms with van der Waals surface area (Å²) in [5.74, 6) is 0.992. The van der Waals surface area contributed by atoms with Gasteiger partial charge in [0.15, 0.2) is 0 Å². The molecule has 1 heterocycles. The van der Waals surface area contributed by atoms with Gasteiger partial charge in [-0.1, -0.05) is 48.0 Å². The number of aromatic amines is 1. The maximum Gasteiger partial charge on any atom is 0.0565 e. The first kappa shape index (κ1) is 16.4. The molecule has 4 rings (SSSR count). The average Bonchev–Trinajstić information content (AvgIpc) is 3.35. The number of aromatic nitrogens is 2. The molecule has 0 aliphatic heterocycles. The number of H-pyrrole nitrogens is 1. The third kappa shape index (κ3) is 3.78. The maximum atomic E-state index is 6.45. The zero-order chi connectivity index (χ0) is 17.2. The third-order valence-corrected chi connectivity index (χ3v) is 5.40. The van der Waals surface area contributed by atoms with Crippen molar-refractivity contribution >= 4 is 11.6 Å². The zero-order valence-corrected chi connectivity index (χ0v) is 14.8. The minimum atomic E-state index is 0.259. The summed E-state index contributed by atoms with van der Waals surface area (Å²) in [5.41, 5.74) is 11.3. The molecule has 2 atom stereocenters. The van der Waals surface area contributed by atoms with E-state index in [1.807, 2.05) is 24.5 Å². The fourth-order valence-electron chi connectivity index (χ4n) is 3.47. The fourth-order valence-corrected chi connectivity index (χ4v) is 3.59. The predicted octanol–water partition coefficient (Wildman–Crippen LogP) is 4.99. The molecular weight excluding hydrogens is 330 g/mol. The molecule has 0 saturated heterocycles. The standard InChI is InChI=1S/C21H22ClN3/c22-19-9-7-16(8-10-19)20(11-21(23)17-5-6-17)15-3-1-14(2-4-15)18-12-24-25-13-18/h1-4,7-10,12-13,17,20-21H,5-6,11,23H2,(H,24,25). The van der Waals surface area contributed by atoms with Crippen LogP contribution in [0, 0.1) is 5.92 Å². The summed E-state index contributed by atoms with van der Waals surface area (Å²) in [7, 11) is 0. The van der Waals surface area contributed by atoms with Crippen LogP contribution in [0.3, 0.4) is 0 Å². The van der Waals surface area contributed by atoms with Crippen LogP contribution in [0.25, 0.3) is 11.1 Å². The van der Waals surface area contributed by atoms with Gasteiger partial charge in [0, 0.05) is 28.7 Å². The summed E-state index contributed by atoms with van der Waals surface area (Å²) < 4.78 is 0. The normalized spacial score (nSPS) is 16.6. The first-order valence-electron chi connectivity index (χ1n) is 8.81. The van der Waals surface area contributed by atoms with Crippen LogP contribution in [0.15, 0.2) is 60.9 Å². The Labute approximate surface area is 153 Å². The summed E-state index contributed by atoms with van der Waals surface area (Å²) in [6.45, 7) is 0. The Morgan fingerprint density at radius 2 is 1.64 bits per heavy atom. The maximum absolute atomic E-state index is 6.45. The quantitative estimate of drug-likeness (QED) is 0.657. The Balaban J connectivity index is 1.63. The molecule has 1 fully saturated rings. The van der Waals surface area contributed by atoms with Gasteiger partial charge in [-0.05, 0) is 54.0 Å². The molecule has 1 aromatic heterocycles. The average molecular weight is 352 g/mol. The van der Waals surface area contributed by atoms with Gasteiger partial charge in [0.2, 0.25) is 0 Å². The second-order valence-electron chi connectivity index (χ2n) is 6.95. The Morgan fingerprint density at radius 1 is 1.00 bits per heavy atom. The number of benzene rings is 2. The van der Waals surface area contributed by atoms with Crippen molar-refractivity contribution in [2.75, 3.05) is 0 Å². The van der Waals surface area contributed by atoms with Crippen LogP contribution < -0.4 is 5.73 Å². The molecule has 1 aliphatic rings. The van der Waals surface area contributed by atoms with Crippen molar-refractivity contribution in [3.05, 3.63) is 77.1 Å². The topological polar surface area (TPSA) is 54.7 Å². The number of hydrogen-bond donors (Lipinski definition) is 2. The van der Waals surface area contributed by atoms with E-state index in [0.29, 0.717) is 11.8 Å². The van der Waals surface area contributed by atoms with E-state index in [1.165, 1.54) is 29.5 Å². The molecule has 25 heavy (non-hydrogen) atoms. The molecule has 1 aliphatic carbocycles. The largest absolute Gasteiger partial charge is 0.327 e. The number of rotatable bonds is 6. The molecule has 2 unspecified atom stereocenters. The number of nitrogens with two attached hydrogens (primary N) is 1. The molecule has 128 valence electrons. The van der Waals surface area contributed by atoms with Crippen LogP contribution >= 0.6 is 11.6 Å². The number of hydrogen-bond acceptors (Lipinski definition) is 2. The molecule has 0 radical (unpaired) electrons. The monoisotopic (exact) mass is 351 g/mol. The molecule has 4 heteroatoms. The van der Waals surface area contributed by atoms with Crippen LogP contribution in [-0.2, 0) is 0 Å². The highest BCUT2D eigenvalue weighted by atomic mass is 35.5. The smallest absolute Gasteiger partial charge is 0.0565 e. The zero-order valence-electron chi connectivity index (χ0n) is 14.0. The van der Waals surface area contributed by atoms with Crippen molar-refractivity contribution < 1.29 is 0 Å². The highest BCUT2D eigenvalue weighted by Gasteiger charge is 2.31. The van der Waals surface area contributed by atoms with Crippen molar-refractivity contribution in [3.8, 4) is 11.1 Å². The van der Waals surface area contributed by atoms with Crippen molar-refractivity contribution in [2.45, 2.75) is 31.2 Å². The molecule has 3 aromatic rings. The van der Waals surface area contributed by atoms with E-state index >= 15 is 0 Å². The van der Waals surface area contributed by atoms with Gasteiger partial charge >= 0.3 is 0 Å². The molecule has 3 nitrogen and oxygen atoms in total. The summed E-state index contributed by atoms with van der Waals surface area (Å²) in [6.07, 6.45) is 7.27. The van der Waals surface area contributed by atoms with E-state index in [1.54, 1.807) is 0 Å². The SMILES string of the molecule is NC(CC(c1ccc(Cl)cc1)c1ccc(-c2cn[nH]c2)cc1)C1CC1. The molecule has 0 bridgehead atoms. The van der Waals surface area contributed by atoms with E-state index in [0.717, 1.165) is 17.0 Å². The van der Waals surface area contributed by atoms with Gasteiger partial charge in [0.05, 0.1) is 6.20 Å². The summed E-state index contributed by atoms with van der Waals surface area (Å²) >= 11 is 6.07. The lowest BCUT2D eigenvalue weighted by Gasteiger charge is -2.22. The van der Waals surface area contributed by atoms with Gasteiger partial charge in [-0.2, -0.15) is 5.10 Å². The van der Waals surface area contributed by atoms with E-state index < -0.39 is 0 Å². The third-order valence-electron chi connectivity index (χ3n) is 5.15. The van der Waals surface area contributed by atoms with Gasteiger partial charge in [-0.3, -0.25) is 5.10 Å². The lowest BCUT2D eigenvalue weighted by atomic mass is 9.84. The van der Waals surface area contributed by atoms with Crippen molar-refractivity contribution in [1.29, 1.82) is 0 Å². The lowest BCUT2D eigenvalue weighted by Crippen LogP contribution is -2.25. The van der Waals surface area contributed by atoms with E-state index in [2.05, 4.69) is 46.6 Å². The van der Waals surface area contributed by atoms with E-state index in [9.17, 15) is 0 Å². The Bertz CT molecular complexity index is 805. The fraction of sp³-hybridized carbons (Fsp3) is 0.286. The van der Waals surface area contributed by atoms with Crippen molar-refractivity contribution in [2.24, 2.45) is 11.7 Å². The van der Waals surface area contributed by atoms with Gasteiger partial charge in [0.25, 0.3) is 0 Å². The molecule has 3 N–H and O–H groups in total. The summed E-state index contributed by atoms with van der Waals surface area (Å²) in [5, 5.41) is 7.65. The second kappa shape index (κ2) is 7.03. The summed E-state index contributed by atoms with van der Waals surface area (Å²) in [6, 6.07) is 17.2. The number of nitrogens with one attached hydrogen (secondary N) is 1. The Kier molecular flexibility index (Phi) is 4.60. The van der Waals surface area contributed by atoms with Crippen LogP contribution in [0.2, 0.25) is 5.02 Å². The van der Waals surface area contributed by atoms with Crippen LogP contribution in [0.4, 0.5) is 0 Å². The minimum absolute atomic E-state index is 0.259. The van der Waals surface area contributed by atoms with Crippen LogP contribution in [0.5, 0.6) is 0 Å². The molecule has 2 aromatic carbocycles. The number of nitrogens with zero attached hydrogens (tertiary/aromatic N) is 1. The predicted molar refractivity (Wildman–Crippen MR) is 103 cm³/mol. The number of halogens is 1. The van der Waals surface area contributed by atoms with Crippen molar-refractivity contribution in [3.63, 3.8) is 0 Å². The van der Waals surface area contributed by atoms with Gasteiger partial charge in [-0.25, -0.2) is 0 Å². The van der Waals surface area contributed by atoms with Crippen LogP contribution in [0.1, 0.15) is 36.3 Å². The van der Waals surface area contributed by atoms with Crippen molar-refractivity contribution in [1.82, 2.24) is 10.2 Å². The van der Waals surface area contributed by atoms with Gasteiger partial charge in [-0.15, -0.1) is 0 Å². The van der Waals surface area contributed by atoms with Gasteiger partial charge in [0.1, 0.15) is 0 Å². The van der Waals surface area contributed by atoms with E-state index in [4.69, 9.17) is 17.3 Å². The van der Waals surface area contributed by atoms with Crippen LogP contribution in [-0.4, -0.2) is 16.2 Å². The summed E-state index contributed by atoms with van der Waals surface area (Å²) in [4.78, 5) is 0. The highest BCUT2D eigenvalue weighted by molar-refractivity contribution is 6.30. The molecule has 0 spiro atoms.